The van der Waals surface area contributed by atoms with E-state index in [2.05, 4.69) is 56.0 Å². The van der Waals surface area contributed by atoms with Gasteiger partial charge in [0.05, 0.1) is 4.88 Å². The number of hydrogen-bond donors (Lipinski definition) is 0. The zero-order valence-corrected chi connectivity index (χ0v) is 18.6. The van der Waals surface area contributed by atoms with Crippen molar-refractivity contribution in [1.82, 2.24) is 0 Å². The second kappa shape index (κ2) is 10.1. The molecular formula is C21H30ClNO4S. The molecule has 0 spiro atoms. The monoisotopic (exact) mass is 427 g/mol. The van der Waals surface area contributed by atoms with E-state index >= 15 is 0 Å². The summed E-state index contributed by atoms with van der Waals surface area (Å²) in [6.07, 6.45) is 7.99. The summed E-state index contributed by atoms with van der Waals surface area (Å²) < 4.78 is 36.5. The van der Waals surface area contributed by atoms with Crippen molar-refractivity contribution in [2.45, 2.75) is 78.1 Å². The van der Waals surface area contributed by atoms with Crippen molar-refractivity contribution in [2.75, 3.05) is 0 Å². The van der Waals surface area contributed by atoms with E-state index < -0.39 is 10.2 Å². The molecule has 5 nitrogen and oxygen atoms in total. The fourth-order valence-corrected chi connectivity index (χ4v) is 4.82. The highest BCUT2D eigenvalue weighted by Crippen LogP contribution is 2.30. The average Bonchev–Trinajstić information content (AvgIpc) is 2.93. The molecule has 0 unspecified atom stereocenters. The van der Waals surface area contributed by atoms with Crippen molar-refractivity contribution in [1.29, 1.82) is 0 Å². The van der Waals surface area contributed by atoms with Gasteiger partial charge in [0.25, 0.3) is 0 Å². The molecule has 0 aliphatic heterocycles. The van der Waals surface area contributed by atoms with Crippen molar-refractivity contribution >= 4 is 11.3 Å². The van der Waals surface area contributed by atoms with Gasteiger partial charge < -0.3 is 0 Å². The van der Waals surface area contributed by atoms with Crippen LogP contribution in [-0.2, 0) is 12.8 Å². The number of hydrogen-bond acceptors (Lipinski definition) is 5. The van der Waals surface area contributed by atoms with Crippen molar-refractivity contribution in [2.24, 2.45) is 0 Å². The zero-order valence-electron chi connectivity index (χ0n) is 17.1. The van der Waals surface area contributed by atoms with Crippen molar-refractivity contribution in [3.63, 3.8) is 0 Å². The zero-order chi connectivity index (χ0) is 20.9. The lowest BCUT2D eigenvalue weighted by Gasteiger charge is -2.17. The number of halogens is 1. The first-order valence-corrected chi connectivity index (χ1v) is 12.0. The summed E-state index contributed by atoms with van der Waals surface area (Å²) >= 11 is 1.97. The fourth-order valence-electron chi connectivity index (χ4n) is 3.75. The topological polar surface area (TPSA) is 96.1 Å². The number of rotatable bonds is 3. The Balaban J connectivity index is 0.000000500. The Hall–Kier alpha value is -1.02. The highest BCUT2D eigenvalue weighted by molar-refractivity contribution is 7.09. The molecule has 156 valence electrons. The van der Waals surface area contributed by atoms with E-state index in [1.807, 2.05) is 11.3 Å². The van der Waals surface area contributed by atoms with E-state index in [1.165, 1.54) is 55.3 Å². The predicted molar refractivity (Wildman–Crippen MR) is 99.9 cm³/mol. The Kier molecular flexibility index (Phi) is 8.43. The maximum absolute atomic E-state index is 8.49. The van der Waals surface area contributed by atoms with E-state index in [-0.39, 0.29) is 0 Å². The van der Waals surface area contributed by atoms with Gasteiger partial charge in [0.15, 0.2) is 0 Å². The van der Waals surface area contributed by atoms with Gasteiger partial charge in [0, 0.05) is 17.5 Å². The average molecular weight is 428 g/mol. The minimum Gasteiger partial charge on any atom is -0.222 e. The fraction of sp³-hybridized carbons (Fsp3) is 0.571. The Morgan fingerprint density at radius 1 is 0.857 bits per heavy atom. The normalized spacial score (nSPS) is 14.9. The second-order valence-electron chi connectivity index (χ2n) is 7.85. The first kappa shape index (κ1) is 23.3. The third kappa shape index (κ3) is 6.51. The van der Waals surface area contributed by atoms with Gasteiger partial charge in [0.2, 0.25) is 16.9 Å². The number of aromatic nitrogens is 1. The number of benzene rings is 1. The third-order valence-corrected chi connectivity index (χ3v) is 6.10. The quantitative estimate of drug-likeness (QED) is 0.687. The predicted octanol–water partition coefficient (Wildman–Crippen LogP) is 1.17. The molecule has 0 bridgehead atoms. The van der Waals surface area contributed by atoms with Crippen molar-refractivity contribution in [3.8, 4) is 5.69 Å². The number of nitrogens with zero attached hydrogens (tertiary/aromatic N) is 1. The van der Waals surface area contributed by atoms with Crippen molar-refractivity contribution < 1.29 is 33.4 Å². The van der Waals surface area contributed by atoms with Gasteiger partial charge in [-0.1, -0.05) is 70.1 Å². The molecule has 1 aromatic heterocycles. The number of para-hydroxylation sites is 1. The van der Waals surface area contributed by atoms with E-state index in [4.69, 9.17) is 18.6 Å². The van der Waals surface area contributed by atoms with Crippen LogP contribution in [0.2, 0.25) is 0 Å². The molecule has 1 aliphatic rings. The van der Waals surface area contributed by atoms with E-state index in [9.17, 15) is 0 Å². The maximum atomic E-state index is 8.49. The Morgan fingerprint density at radius 3 is 1.86 bits per heavy atom. The number of thiazole rings is 1. The van der Waals surface area contributed by atoms with Gasteiger partial charge in [-0.15, -0.1) is 10.2 Å². The molecule has 3 rings (SSSR count). The first-order chi connectivity index (χ1) is 13.1. The molecule has 0 N–H and O–H groups in total. The van der Waals surface area contributed by atoms with Crippen LogP contribution >= 0.6 is 11.3 Å². The van der Waals surface area contributed by atoms with Gasteiger partial charge in [-0.05, 0) is 31.1 Å². The second-order valence-corrected chi connectivity index (χ2v) is 9.55. The maximum Gasteiger partial charge on any atom is 0.231 e. The number of aryl methyl sites for hydroxylation is 1. The van der Waals surface area contributed by atoms with E-state index in [0.717, 1.165) is 0 Å². The molecule has 0 radical (unpaired) electrons. The van der Waals surface area contributed by atoms with Gasteiger partial charge >= 0.3 is 0 Å². The SMILES string of the molecule is CC(C)c1cccc(C(C)C)c1-[n+]1csc2c1CCCCCC2.[O-][Cl+3]([O-])([O-])[O-]. The molecule has 1 heterocycles. The largest absolute Gasteiger partial charge is 0.231 e. The van der Waals surface area contributed by atoms with Gasteiger partial charge in [0.1, 0.15) is 0 Å². The van der Waals surface area contributed by atoms with E-state index in [1.54, 1.807) is 10.6 Å². The highest BCUT2D eigenvalue weighted by atomic mass is 35.7. The van der Waals surface area contributed by atoms with Crippen LogP contribution in [0.4, 0.5) is 0 Å². The summed E-state index contributed by atoms with van der Waals surface area (Å²) in [5, 5.41) is 0. The van der Waals surface area contributed by atoms with Crippen LogP contribution in [0.3, 0.4) is 0 Å². The highest BCUT2D eigenvalue weighted by Gasteiger charge is 2.28. The molecule has 0 saturated heterocycles. The molecule has 1 aliphatic carbocycles. The molecular weight excluding hydrogens is 398 g/mol. The summed E-state index contributed by atoms with van der Waals surface area (Å²) in [5.41, 5.74) is 8.41. The molecule has 0 atom stereocenters. The van der Waals surface area contributed by atoms with Crippen LogP contribution in [0.15, 0.2) is 23.7 Å². The molecule has 28 heavy (non-hydrogen) atoms. The Labute approximate surface area is 174 Å². The summed E-state index contributed by atoms with van der Waals surface area (Å²) in [4.78, 5) is 1.62. The van der Waals surface area contributed by atoms with Crippen LogP contribution in [0.25, 0.3) is 5.69 Å². The molecule has 1 aromatic carbocycles. The van der Waals surface area contributed by atoms with Crippen LogP contribution in [0.5, 0.6) is 0 Å². The Morgan fingerprint density at radius 2 is 1.36 bits per heavy atom. The van der Waals surface area contributed by atoms with Crippen LogP contribution in [0.1, 0.15) is 86.9 Å². The van der Waals surface area contributed by atoms with Crippen LogP contribution < -0.4 is 23.2 Å². The summed E-state index contributed by atoms with van der Waals surface area (Å²) in [7, 11) is -4.94. The third-order valence-electron chi connectivity index (χ3n) is 5.06. The molecule has 0 saturated carbocycles. The summed E-state index contributed by atoms with van der Waals surface area (Å²) in [5.74, 6) is 1.11. The smallest absolute Gasteiger partial charge is 0.222 e. The minimum absolute atomic E-state index is 0.556. The van der Waals surface area contributed by atoms with Gasteiger partial charge in [-0.25, -0.2) is 18.6 Å². The van der Waals surface area contributed by atoms with Crippen LogP contribution in [0, 0.1) is 10.2 Å². The Bertz CT molecular complexity index is 736. The molecule has 2 aromatic rings. The standard InChI is InChI=1S/C21H30NS.ClHO4/c1-15(2)17-10-9-11-18(16(3)4)21(17)22-14-23-20-13-8-6-5-7-12-19(20)22;2-1(3,4)5/h9-11,14-16H,5-8,12-13H2,1-4H3;(H,2,3,4,5)/q+1;/p-1. The molecule has 7 heteroatoms. The van der Waals surface area contributed by atoms with E-state index in [0.29, 0.717) is 11.8 Å². The minimum atomic E-state index is -4.94. The molecule has 0 fully saturated rings. The first-order valence-electron chi connectivity index (χ1n) is 9.85. The van der Waals surface area contributed by atoms with Crippen LogP contribution in [-0.4, -0.2) is 0 Å². The van der Waals surface area contributed by atoms with Crippen molar-refractivity contribution in [3.05, 3.63) is 45.4 Å². The summed E-state index contributed by atoms with van der Waals surface area (Å²) in [6.45, 7) is 9.28. The lowest BCUT2D eigenvalue weighted by molar-refractivity contribution is -2.00. The van der Waals surface area contributed by atoms with Gasteiger partial charge in [-0.2, -0.15) is 4.57 Å². The summed E-state index contributed by atoms with van der Waals surface area (Å²) in [6, 6.07) is 6.89. The van der Waals surface area contributed by atoms with Gasteiger partial charge in [-0.3, -0.25) is 0 Å². The molecule has 0 amide bonds. The lowest BCUT2D eigenvalue weighted by atomic mass is 9.92. The number of fused-ring (bicyclic) bond motifs is 1. The lowest BCUT2D eigenvalue weighted by Crippen LogP contribution is -2.68.